The first-order valence-electron chi connectivity index (χ1n) is 16.0. The third kappa shape index (κ3) is 8.45. The van der Waals surface area contributed by atoms with Crippen LogP contribution in [0.1, 0.15) is 22.5 Å². The fraction of sp³-hybridized carbons (Fsp3) is 0.0588. The third-order valence-corrected chi connectivity index (χ3v) is 10.8. The van der Waals surface area contributed by atoms with Gasteiger partial charge in [-0.1, -0.05) is 36.4 Å². The van der Waals surface area contributed by atoms with E-state index in [2.05, 4.69) is 30.7 Å². The van der Waals surface area contributed by atoms with E-state index in [0.717, 1.165) is 51.8 Å². The van der Waals surface area contributed by atoms with E-state index in [1.165, 1.54) is 50.2 Å². The van der Waals surface area contributed by atoms with Crippen LogP contribution in [0.3, 0.4) is 0 Å². The SMILES string of the molecule is Cc1nn(-c2ccc(/C=C/c3ccc(-n4nc(C)c(N=Nc5cc(S(=O)(=O)O)ccc5O)c4O)cc3S(=O)(=O)O)c(S(=O)(=O)O)c2)c(O)c1N=Nc1ccccc1O. The van der Waals surface area contributed by atoms with Crippen LogP contribution in [0.25, 0.3) is 23.5 Å². The summed E-state index contributed by atoms with van der Waals surface area (Å²) in [7, 11) is -14.7. The number of benzene rings is 4. The zero-order chi connectivity index (χ0) is 42.3. The smallest absolute Gasteiger partial charge is 0.295 e. The van der Waals surface area contributed by atoms with Crippen molar-refractivity contribution < 1.29 is 59.3 Å². The van der Waals surface area contributed by atoms with Crippen molar-refractivity contribution in [1.29, 1.82) is 0 Å². The van der Waals surface area contributed by atoms with Gasteiger partial charge in [0.2, 0.25) is 11.8 Å². The Morgan fingerprint density at radius 3 is 1.43 bits per heavy atom. The molecule has 0 saturated heterocycles. The summed E-state index contributed by atoms with van der Waals surface area (Å²) in [6.45, 7) is 2.87. The summed E-state index contributed by atoms with van der Waals surface area (Å²) in [5.74, 6) is -1.95. The molecule has 24 heteroatoms. The summed E-state index contributed by atoms with van der Waals surface area (Å²) in [6.07, 6.45) is 2.24. The minimum absolute atomic E-state index is 0.0249. The number of phenols is 2. The molecular weight excluding hydrogens is 825 g/mol. The molecule has 0 bridgehead atoms. The van der Waals surface area contributed by atoms with E-state index in [0.29, 0.717) is 0 Å². The Balaban J connectivity index is 1.33. The Bertz CT molecular complexity index is 3070. The number of phenolic OH excluding ortho intramolecular Hbond substituents is 2. The number of hydrogen-bond acceptors (Lipinski definition) is 16. The lowest BCUT2D eigenvalue weighted by atomic mass is 10.1. The maximum Gasteiger partial charge on any atom is 0.295 e. The van der Waals surface area contributed by atoms with Gasteiger partial charge in [-0.25, -0.2) is 0 Å². The Labute approximate surface area is 328 Å². The number of azo groups is 2. The van der Waals surface area contributed by atoms with Crippen LogP contribution >= 0.6 is 0 Å². The highest BCUT2D eigenvalue weighted by Crippen LogP contribution is 2.38. The molecule has 0 saturated carbocycles. The first kappa shape index (κ1) is 40.8. The molecule has 7 N–H and O–H groups in total. The van der Waals surface area contributed by atoms with Gasteiger partial charge in [0.05, 0.1) is 27.7 Å². The van der Waals surface area contributed by atoms with Crippen molar-refractivity contribution in [1.82, 2.24) is 19.6 Å². The molecule has 6 aromatic rings. The van der Waals surface area contributed by atoms with Crippen LogP contribution in [0.5, 0.6) is 23.3 Å². The summed E-state index contributed by atoms with van der Waals surface area (Å²) in [5, 5.41) is 65.6. The molecule has 0 unspecified atom stereocenters. The van der Waals surface area contributed by atoms with Gasteiger partial charge >= 0.3 is 0 Å². The molecule has 0 aliphatic heterocycles. The van der Waals surface area contributed by atoms with E-state index in [1.807, 2.05) is 0 Å². The monoisotopic (exact) mass is 852 g/mol. The fourth-order valence-corrected chi connectivity index (χ4v) is 7.23. The van der Waals surface area contributed by atoms with Gasteiger partial charge in [-0.2, -0.15) is 44.8 Å². The molecule has 0 aliphatic carbocycles. The van der Waals surface area contributed by atoms with Gasteiger partial charge in [0.1, 0.15) is 32.7 Å². The predicted molar refractivity (Wildman–Crippen MR) is 203 cm³/mol. The van der Waals surface area contributed by atoms with E-state index in [1.54, 1.807) is 12.1 Å². The van der Waals surface area contributed by atoms with Gasteiger partial charge in [0, 0.05) is 0 Å². The summed E-state index contributed by atoms with van der Waals surface area (Å²) < 4.78 is 104. The number of para-hydroxylation sites is 1. The molecule has 4 aromatic carbocycles. The number of hydrogen-bond donors (Lipinski definition) is 7. The molecular formula is C34H28N8O13S3. The van der Waals surface area contributed by atoms with Crippen LogP contribution in [0.4, 0.5) is 22.7 Å². The third-order valence-electron chi connectivity index (χ3n) is 8.13. The molecule has 300 valence electrons. The van der Waals surface area contributed by atoms with Crippen LogP contribution < -0.4 is 0 Å². The van der Waals surface area contributed by atoms with Crippen molar-refractivity contribution in [3.05, 3.63) is 101 Å². The minimum atomic E-state index is -5.02. The molecule has 21 nitrogen and oxygen atoms in total. The van der Waals surface area contributed by atoms with Crippen molar-refractivity contribution in [3.63, 3.8) is 0 Å². The predicted octanol–water partition coefficient (Wildman–Crippen LogP) is 6.24. The van der Waals surface area contributed by atoms with Gasteiger partial charge in [-0.15, -0.1) is 20.5 Å². The van der Waals surface area contributed by atoms with Crippen LogP contribution in [0.2, 0.25) is 0 Å². The van der Waals surface area contributed by atoms with Gasteiger partial charge in [-0.3, -0.25) is 13.7 Å². The summed E-state index contributed by atoms with van der Waals surface area (Å²) in [6, 6.07) is 15.6. The zero-order valence-electron chi connectivity index (χ0n) is 29.5. The highest BCUT2D eigenvalue weighted by atomic mass is 32.2. The quantitative estimate of drug-likeness (QED) is 0.0431. The van der Waals surface area contributed by atoms with E-state index < -0.39 is 68.2 Å². The summed E-state index contributed by atoms with van der Waals surface area (Å²) in [5.41, 5.74) is -1.03. The molecule has 0 radical (unpaired) electrons. The van der Waals surface area contributed by atoms with Crippen LogP contribution in [0.15, 0.2) is 114 Å². The molecule has 2 heterocycles. The Morgan fingerprint density at radius 1 is 0.534 bits per heavy atom. The normalized spacial score (nSPS) is 12.7. The van der Waals surface area contributed by atoms with Gasteiger partial charge in [-0.05, 0) is 79.6 Å². The maximum absolute atomic E-state index is 12.5. The average Bonchev–Trinajstić information content (AvgIpc) is 3.60. The second-order valence-corrected chi connectivity index (χ2v) is 16.3. The lowest BCUT2D eigenvalue weighted by Gasteiger charge is -2.10. The maximum atomic E-state index is 12.5. The lowest BCUT2D eigenvalue weighted by Crippen LogP contribution is -2.05. The number of aryl methyl sites for hydroxylation is 2. The largest absolute Gasteiger partial charge is 0.506 e. The summed E-state index contributed by atoms with van der Waals surface area (Å²) >= 11 is 0. The van der Waals surface area contributed by atoms with Crippen LogP contribution in [-0.2, 0) is 30.4 Å². The topological polar surface area (TPSA) is 329 Å². The highest BCUT2D eigenvalue weighted by Gasteiger charge is 2.23. The van der Waals surface area contributed by atoms with E-state index >= 15 is 0 Å². The van der Waals surface area contributed by atoms with Gasteiger partial charge in [0.15, 0.2) is 11.4 Å². The molecule has 58 heavy (non-hydrogen) atoms. The number of aromatic nitrogens is 4. The fourth-order valence-electron chi connectivity index (χ4n) is 5.32. The van der Waals surface area contributed by atoms with E-state index in [-0.39, 0.29) is 56.7 Å². The summed E-state index contributed by atoms with van der Waals surface area (Å²) in [4.78, 5) is -2.01. The van der Waals surface area contributed by atoms with E-state index in [4.69, 9.17) is 0 Å². The van der Waals surface area contributed by atoms with Crippen molar-refractivity contribution in [2.24, 2.45) is 20.5 Å². The minimum Gasteiger partial charge on any atom is -0.506 e. The molecule has 0 amide bonds. The second kappa shape index (κ2) is 15.3. The Hall–Kier alpha value is -6.83. The van der Waals surface area contributed by atoms with Crippen molar-refractivity contribution >= 4 is 65.3 Å². The Morgan fingerprint density at radius 2 is 0.983 bits per heavy atom. The number of aromatic hydroxyl groups is 4. The van der Waals surface area contributed by atoms with Crippen molar-refractivity contribution in [3.8, 4) is 34.6 Å². The van der Waals surface area contributed by atoms with Gasteiger partial charge in [0.25, 0.3) is 30.4 Å². The first-order chi connectivity index (χ1) is 27.1. The molecule has 0 spiro atoms. The van der Waals surface area contributed by atoms with Crippen molar-refractivity contribution in [2.45, 2.75) is 28.5 Å². The van der Waals surface area contributed by atoms with Crippen LogP contribution in [-0.4, -0.2) is 78.9 Å². The molecule has 0 atom stereocenters. The van der Waals surface area contributed by atoms with Gasteiger partial charge < -0.3 is 20.4 Å². The Kier molecular flexibility index (Phi) is 10.7. The second-order valence-electron chi connectivity index (χ2n) is 12.1. The zero-order valence-corrected chi connectivity index (χ0v) is 32.0. The molecule has 6 rings (SSSR count). The first-order valence-corrected chi connectivity index (χ1v) is 20.4. The van der Waals surface area contributed by atoms with Crippen molar-refractivity contribution in [2.75, 3.05) is 0 Å². The number of nitrogens with zero attached hydrogens (tertiary/aromatic N) is 8. The highest BCUT2D eigenvalue weighted by molar-refractivity contribution is 7.86. The molecule has 2 aromatic heterocycles. The number of rotatable bonds is 11. The standard InChI is InChI=1S/C34H28N8O13S3/c1-18-31(37-35-25-5-3-4-6-27(25)43)33(45)41(39-18)22-11-9-20(29(15-22)57(50,51)52)7-8-21-10-12-23(16-30(21)58(53,54)55)42-34(46)32(19(2)40-42)38-36-26-17-24(56(47,48)49)13-14-28(26)44/h3-17,43-46H,1-2H3,(H,47,48,49)(H,50,51,52)(H,53,54,55)/b8-7+,37-35?,38-36?. The molecule has 0 aliphatic rings. The lowest BCUT2D eigenvalue weighted by molar-refractivity contribution is 0.434. The average molecular weight is 853 g/mol. The molecule has 0 fully saturated rings. The van der Waals surface area contributed by atoms with E-state index in [9.17, 15) is 59.3 Å². The van der Waals surface area contributed by atoms with Crippen LogP contribution in [0, 0.1) is 13.8 Å².